The third-order valence-electron chi connectivity index (χ3n) is 3.23. The molecule has 0 unspecified atom stereocenters. The average molecular weight is 288 g/mol. The molecule has 0 aromatic carbocycles. The van der Waals surface area contributed by atoms with Gasteiger partial charge in [-0.25, -0.2) is 0 Å². The Balaban J connectivity index is 2.70. The van der Waals surface area contributed by atoms with Crippen LogP contribution in [0, 0.1) is 5.92 Å². The van der Waals surface area contributed by atoms with Crippen molar-refractivity contribution in [3.8, 4) is 0 Å². The fourth-order valence-electron chi connectivity index (χ4n) is 2.05. The highest BCUT2D eigenvalue weighted by Crippen LogP contribution is 2.37. The third-order valence-corrected chi connectivity index (χ3v) is 3.23. The maximum Gasteiger partial charge on any atom is 0.463 e. The molecular weight excluding hydrogens is 271 g/mol. The van der Waals surface area contributed by atoms with Gasteiger partial charge in [-0.1, -0.05) is 0 Å². The van der Waals surface area contributed by atoms with E-state index in [-0.39, 0.29) is 19.0 Å². The smallest absolute Gasteiger partial charge is 0.337 e. The second-order valence-corrected chi connectivity index (χ2v) is 4.61. The Labute approximate surface area is 108 Å². The maximum atomic E-state index is 13.0. The molecule has 1 fully saturated rings. The Hall–Kier alpha value is -0.920. The zero-order valence-electron chi connectivity index (χ0n) is 10.6. The first-order valence-corrected chi connectivity index (χ1v) is 6.14. The minimum absolute atomic E-state index is 0.0332. The Bertz CT molecular complexity index is 313. The highest BCUT2D eigenvalue weighted by atomic mass is 19.4. The van der Waals surface area contributed by atoms with E-state index in [1.165, 1.54) is 6.92 Å². The van der Waals surface area contributed by atoms with Crippen LogP contribution in [0.4, 0.5) is 22.0 Å². The lowest BCUT2D eigenvalue weighted by molar-refractivity contribution is -0.274. The van der Waals surface area contributed by atoms with Gasteiger partial charge in [-0.2, -0.15) is 22.0 Å². The number of hydrogen-bond donors (Lipinski definition) is 1. The maximum absolute atomic E-state index is 13.0. The van der Waals surface area contributed by atoms with Crippen LogP contribution in [0.2, 0.25) is 0 Å². The fourth-order valence-corrected chi connectivity index (χ4v) is 2.05. The van der Waals surface area contributed by atoms with Gasteiger partial charge >= 0.3 is 18.0 Å². The van der Waals surface area contributed by atoms with Crippen LogP contribution in [-0.4, -0.2) is 49.1 Å². The fraction of sp³-hybridized carbons (Fsp3) is 0.909. The summed E-state index contributed by atoms with van der Waals surface area (Å²) in [6, 6.07) is 0. The topological polar surface area (TPSA) is 32.3 Å². The molecule has 0 radical (unpaired) electrons. The number of rotatable bonds is 4. The first kappa shape index (κ1) is 16.1. The summed E-state index contributed by atoms with van der Waals surface area (Å²) in [7, 11) is 0. The summed E-state index contributed by atoms with van der Waals surface area (Å²) in [5.74, 6) is -7.49. The summed E-state index contributed by atoms with van der Waals surface area (Å²) in [6.07, 6.45) is -4.51. The molecule has 3 nitrogen and oxygen atoms in total. The molecule has 1 N–H and O–H groups in total. The van der Waals surface area contributed by atoms with Gasteiger partial charge in [0.05, 0.1) is 0 Å². The summed E-state index contributed by atoms with van der Waals surface area (Å²) in [5, 5.41) is 3.06. The van der Waals surface area contributed by atoms with Crippen molar-refractivity contribution in [2.75, 3.05) is 26.2 Å². The first-order chi connectivity index (χ1) is 8.70. The number of alkyl halides is 5. The number of halogens is 5. The summed E-state index contributed by atoms with van der Waals surface area (Å²) < 4.78 is 62.4. The molecular formula is C11H17F5N2O. The SMILES string of the molecule is CCN(CC1CCNCC1)C(=O)C(F)(F)C(F)(F)F. The van der Waals surface area contributed by atoms with Gasteiger partial charge in [-0.15, -0.1) is 0 Å². The Morgan fingerprint density at radius 1 is 1.21 bits per heavy atom. The minimum atomic E-state index is -5.84. The van der Waals surface area contributed by atoms with E-state index in [0.717, 1.165) is 0 Å². The molecule has 0 spiro atoms. The molecule has 0 bridgehead atoms. The predicted octanol–water partition coefficient (Wildman–Crippen LogP) is 2.03. The molecule has 1 amide bonds. The lowest BCUT2D eigenvalue weighted by Gasteiger charge is -2.32. The van der Waals surface area contributed by atoms with E-state index in [0.29, 0.717) is 30.8 Å². The van der Waals surface area contributed by atoms with Gasteiger partial charge in [0, 0.05) is 13.1 Å². The van der Waals surface area contributed by atoms with Crippen molar-refractivity contribution in [1.29, 1.82) is 0 Å². The molecule has 0 saturated carbocycles. The van der Waals surface area contributed by atoms with E-state index in [1.54, 1.807) is 0 Å². The first-order valence-electron chi connectivity index (χ1n) is 6.14. The molecule has 0 aromatic rings. The molecule has 112 valence electrons. The number of carbonyl (C=O) groups is 1. The van der Waals surface area contributed by atoms with Gasteiger partial charge < -0.3 is 10.2 Å². The van der Waals surface area contributed by atoms with E-state index in [4.69, 9.17) is 0 Å². The quantitative estimate of drug-likeness (QED) is 0.803. The molecule has 1 aliphatic heterocycles. The summed E-state index contributed by atoms with van der Waals surface area (Å²) in [5.41, 5.74) is 0. The number of nitrogens with one attached hydrogen (secondary N) is 1. The molecule has 1 rings (SSSR count). The number of amides is 1. The van der Waals surface area contributed by atoms with E-state index >= 15 is 0 Å². The van der Waals surface area contributed by atoms with Crippen LogP contribution in [0.25, 0.3) is 0 Å². The van der Waals surface area contributed by atoms with Gasteiger partial charge in [-0.05, 0) is 38.8 Å². The third kappa shape index (κ3) is 3.77. The van der Waals surface area contributed by atoms with Gasteiger partial charge in [0.1, 0.15) is 0 Å². The van der Waals surface area contributed by atoms with Gasteiger partial charge in [0.25, 0.3) is 0 Å². The predicted molar refractivity (Wildman–Crippen MR) is 58.8 cm³/mol. The van der Waals surface area contributed by atoms with Crippen molar-refractivity contribution in [3.05, 3.63) is 0 Å². The normalized spacial score (nSPS) is 18.4. The monoisotopic (exact) mass is 288 g/mol. The van der Waals surface area contributed by atoms with Gasteiger partial charge in [0.2, 0.25) is 0 Å². The Morgan fingerprint density at radius 3 is 2.16 bits per heavy atom. The number of hydrogen-bond acceptors (Lipinski definition) is 2. The zero-order chi connectivity index (χ0) is 14.7. The average Bonchev–Trinajstić information content (AvgIpc) is 2.35. The Morgan fingerprint density at radius 2 is 1.74 bits per heavy atom. The van der Waals surface area contributed by atoms with Crippen LogP contribution in [0.5, 0.6) is 0 Å². The van der Waals surface area contributed by atoms with E-state index in [1.807, 2.05) is 0 Å². The molecule has 1 heterocycles. The highest BCUT2D eigenvalue weighted by molar-refractivity contribution is 5.84. The van der Waals surface area contributed by atoms with Crippen molar-refractivity contribution in [3.63, 3.8) is 0 Å². The van der Waals surface area contributed by atoms with E-state index < -0.39 is 18.0 Å². The van der Waals surface area contributed by atoms with Crippen LogP contribution in [0.1, 0.15) is 19.8 Å². The van der Waals surface area contributed by atoms with Crippen molar-refractivity contribution >= 4 is 5.91 Å². The standard InChI is InChI=1S/C11H17F5N2O/c1-2-18(7-8-3-5-17-6-4-8)9(19)10(12,13)11(14,15)16/h8,17H,2-7H2,1H3. The molecule has 1 aliphatic rings. The van der Waals surface area contributed by atoms with Crippen molar-refractivity contribution in [2.45, 2.75) is 31.9 Å². The number of carbonyl (C=O) groups excluding carboxylic acids is 1. The van der Waals surface area contributed by atoms with Crippen molar-refractivity contribution in [1.82, 2.24) is 10.2 Å². The van der Waals surface area contributed by atoms with Crippen LogP contribution in [-0.2, 0) is 4.79 Å². The second-order valence-electron chi connectivity index (χ2n) is 4.61. The summed E-state index contributed by atoms with van der Waals surface area (Å²) >= 11 is 0. The number of piperidine rings is 1. The second kappa shape index (κ2) is 6.02. The molecule has 1 saturated heterocycles. The summed E-state index contributed by atoms with van der Waals surface area (Å²) in [6.45, 7) is 2.56. The molecule has 19 heavy (non-hydrogen) atoms. The van der Waals surface area contributed by atoms with Crippen LogP contribution >= 0.6 is 0 Å². The molecule has 0 aliphatic carbocycles. The van der Waals surface area contributed by atoms with Crippen LogP contribution in [0.15, 0.2) is 0 Å². The summed E-state index contributed by atoms with van der Waals surface area (Å²) in [4.78, 5) is 12.0. The molecule has 0 aromatic heterocycles. The van der Waals surface area contributed by atoms with Gasteiger partial charge in [-0.3, -0.25) is 4.79 Å². The van der Waals surface area contributed by atoms with E-state index in [2.05, 4.69) is 5.32 Å². The van der Waals surface area contributed by atoms with Crippen LogP contribution < -0.4 is 5.32 Å². The van der Waals surface area contributed by atoms with Gasteiger partial charge in [0.15, 0.2) is 0 Å². The highest BCUT2D eigenvalue weighted by Gasteiger charge is 2.64. The lowest BCUT2D eigenvalue weighted by Crippen LogP contribution is -2.53. The van der Waals surface area contributed by atoms with Crippen molar-refractivity contribution in [2.24, 2.45) is 5.92 Å². The largest absolute Gasteiger partial charge is 0.463 e. The zero-order valence-corrected chi connectivity index (χ0v) is 10.6. The van der Waals surface area contributed by atoms with E-state index in [9.17, 15) is 26.7 Å². The number of nitrogens with zero attached hydrogens (tertiary/aromatic N) is 1. The lowest BCUT2D eigenvalue weighted by atomic mass is 9.97. The molecule has 8 heteroatoms. The van der Waals surface area contributed by atoms with Crippen LogP contribution in [0.3, 0.4) is 0 Å². The molecule has 0 atom stereocenters. The Kier molecular flexibility index (Phi) is 5.11. The minimum Gasteiger partial charge on any atom is -0.337 e. The van der Waals surface area contributed by atoms with Crippen molar-refractivity contribution < 1.29 is 26.7 Å².